The highest BCUT2D eigenvalue weighted by Gasteiger charge is 2.32. The Kier molecular flexibility index (Phi) is 9.11. The second kappa shape index (κ2) is 12.0. The zero-order valence-electron chi connectivity index (χ0n) is 20.2. The van der Waals surface area contributed by atoms with Gasteiger partial charge in [-0.2, -0.15) is 0 Å². The Hall–Kier alpha value is -3.37. The Bertz CT molecular complexity index is 1280. The number of rotatable bonds is 10. The third-order valence-corrected chi connectivity index (χ3v) is 7.97. The molecule has 1 N–H and O–H groups in total. The molecular weight excluding hydrogens is 546 g/mol. The van der Waals surface area contributed by atoms with Crippen LogP contribution in [0.1, 0.15) is 12.5 Å². The molecule has 0 spiro atoms. The molecule has 0 aromatic heterocycles. The lowest BCUT2D eigenvalue weighted by molar-refractivity contribution is -0.139. The molecule has 0 radical (unpaired) electrons. The van der Waals surface area contributed by atoms with Gasteiger partial charge < -0.3 is 15.0 Å². The minimum absolute atomic E-state index is 0.0485. The number of sulfonamides is 1. The fraction of sp³-hybridized carbons (Fsp3) is 0.231. The predicted molar refractivity (Wildman–Crippen MR) is 142 cm³/mol. The topological polar surface area (TPSA) is 96.0 Å². The number of nitrogens with one attached hydrogen (secondary N) is 1. The van der Waals surface area contributed by atoms with Gasteiger partial charge in [0, 0.05) is 18.1 Å². The number of ether oxygens (including phenoxy) is 1. The number of methoxy groups -OCH3 is 1. The lowest BCUT2D eigenvalue weighted by Crippen LogP contribution is -2.50. The number of halogens is 1. The summed E-state index contributed by atoms with van der Waals surface area (Å²) in [6.07, 6.45) is 0. The second-order valence-electron chi connectivity index (χ2n) is 7.96. The SMILES string of the molecule is CNC(=O)[C@@H](C)N(Cc1ccc(Br)cc1)C(=O)CN(c1ccc(OC)cc1)S(=O)(=O)c1ccccc1. The minimum atomic E-state index is -4.09. The number of amides is 2. The predicted octanol–water partition coefficient (Wildman–Crippen LogP) is 3.82. The van der Waals surface area contributed by atoms with Crippen molar-refractivity contribution in [3.63, 3.8) is 0 Å². The average Bonchev–Trinajstić information content (AvgIpc) is 2.90. The number of hydrogen-bond acceptors (Lipinski definition) is 5. The van der Waals surface area contributed by atoms with Gasteiger partial charge in [0.1, 0.15) is 18.3 Å². The molecule has 10 heteroatoms. The van der Waals surface area contributed by atoms with Crippen molar-refractivity contribution in [3.05, 3.63) is 88.9 Å². The van der Waals surface area contributed by atoms with E-state index in [2.05, 4.69) is 21.2 Å². The number of anilines is 1. The molecule has 3 aromatic rings. The van der Waals surface area contributed by atoms with E-state index in [1.807, 2.05) is 24.3 Å². The van der Waals surface area contributed by atoms with Crippen molar-refractivity contribution in [3.8, 4) is 5.75 Å². The van der Waals surface area contributed by atoms with Crippen LogP contribution < -0.4 is 14.4 Å². The molecule has 8 nitrogen and oxygen atoms in total. The summed E-state index contributed by atoms with van der Waals surface area (Å²) in [5.74, 6) is -0.334. The molecular formula is C26H28BrN3O5S. The van der Waals surface area contributed by atoms with Crippen molar-refractivity contribution < 1.29 is 22.7 Å². The summed E-state index contributed by atoms with van der Waals surface area (Å²) < 4.78 is 34.4. The first-order valence-electron chi connectivity index (χ1n) is 11.1. The summed E-state index contributed by atoms with van der Waals surface area (Å²) in [5, 5.41) is 2.56. The maximum absolute atomic E-state index is 13.7. The number of nitrogens with zero attached hydrogens (tertiary/aromatic N) is 2. The van der Waals surface area contributed by atoms with E-state index in [4.69, 9.17) is 4.74 Å². The van der Waals surface area contributed by atoms with E-state index in [-0.39, 0.29) is 17.3 Å². The number of benzene rings is 3. The molecule has 0 unspecified atom stereocenters. The van der Waals surface area contributed by atoms with Gasteiger partial charge in [-0.25, -0.2) is 8.42 Å². The summed E-state index contributed by atoms with van der Waals surface area (Å²) in [6.45, 7) is 1.24. The molecule has 0 saturated heterocycles. The van der Waals surface area contributed by atoms with Gasteiger partial charge in [0.05, 0.1) is 17.7 Å². The van der Waals surface area contributed by atoms with Crippen molar-refractivity contribution in [2.45, 2.75) is 24.4 Å². The number of hydrogen-bond donors (Lipinski definition) is 1. The Balaban J connectivity index is 2.01. The fourth-order valence-electron chi connectivity index (χ4n) is 3.57. The molecule has 0 bridgehead atoms. The van der Waals surface area contributed by atoms with E-state index in [0.29, 0.717) is 11.4 Å². The third kappa shape index (κ3) is 6.44. The molecule has 0 heterocycles. The summed E-state index contributed by atoms with van der Waals surface area (Å²) in [6, 6.07) is 20.8. The first kappa shape index (κ1) is 27.2. The standard InChI is InChI=1S/C26H28BrN3O5S/c1-19(26(32)28-2)29(17-20-9-11-21(27)12-10-20)25(31)18-30(22-13-15-23(35-3)16-14-22)36(33,34)24-7-5-4-6-8-24/h4-16,19H,17-18H2,1-3H3,(H,28,32)/t19-/m1/s1. The van der Waals surface area contributed by atoms with Crippen LogP contribution in [0.15, 0.2) is 88.2 Å². The van der Waals surface area contributed by atoms with Crippen molar-refractivity contribution in [2.24, 2.45) is 0 Å². The molecule has 1 atom stereocenters. The van der Waals surface area contributed by atoms with Crippen molar-refractivity contribution in [2.75, 3.05) is 25.0 Å². The quantitative estimate of drug-likeness (QED) is 0.398. The first-order chi connectivity index (χ1) is 17.2. The molecule has 0 saturated carbocycles. The highest BCUT2D eigenvalue weighted by atomic mass is 79.9. The van der Waals surface area contributed by atoms with Gasteiger partial charge in [-0.3, -0.25) is 13.9 Å². The molecule has 0 aliphatic rings. The van der Waals surface area contributed by atoms with Crippen molar-refractivity contribution >= 4 is 43.5 Å². The van der Waals surface area contributed by atoms with Gasteiger partial charge in [0.15, 0.2) is 0 Å². The first-order valence-corrected chi connectivity index (χ1v) is 13.4. The monoisotopic (exact) mass is 573 g/mol. The van der Waals surface area contributed by atoms with Crippen LogP contribution >= 0.6 is 15.9 Å². The molecule has 3 aromatic carbocycles. The average molecular weight is 574 g/mol. The van der Waals surface area contributed by atoms with Gasteiger partial charge in [-0.1, -0.05) is 46.3 Å². The largest absolute Gasteiger partial charge is 0.497 e. The summed E-state index contributed by atoms with van der Waals surface area (Å²) >= 11 is 3.39. The molecule has 2 amide bonds. The van der Waals surface area contributed by atoms with Gasteiger partial charge in [0.25, 0.3) is 10.0 Å². The Morgan fingerprint density at radius 3 is 2.14 bits per heavy atom. The van der Waals surface area contributed by atoms with E-state index in [9.17, 15) is 18.0 Å². The molecule has 3 rings (SSSR count). The Morgan fingerprint density at radius 1 is 0.972 bits per heavy atom. The smallest absolute Gasteiger partial charge is 0.264 e. The highest BCUT2D eigenvalue weighted by Crippen LogP contribution is 2.26. The van der Waals surface area contributed by atoms with Crippen LogP contribution in [-0.4, -0.2) is 51.9 Å². The van der Waals surface area contributed by atoms with Crippen LogP contribution in [0.3, 0.4) is 0 Å². The maximum atomic E-state index is 13.7. The maximum Gasteiger partial charge on any atom is 0.264 e. The Labute approximate surface area is 220 Å². The molecule has 190 valence electrons. The third-order valence-electron chi connectivity index (χ3n) is 5.65. The molecule has 0 fully saturated rings. The van der Waals surface area contributed by atoms with Gasteiger partial charge in [-0.05, 0) is 61.0 Å². The van der Waals surface area contributed by atoms with Gasteiger partial charge in [0.2, 0.25) is 11.8 Å². The molecule has 0 aliphatic heterocycles. The van der Waals surface area contributed by atoms with Gasteiger partial charge in [-0.15, -0.1) is 0 Å². The fourth-order valence-corrected chi connectivity index (χ4v) is 5.27. The van der Waals surface area contributed by atoms with Crippen LogP contribution in [-0.2, 0) is 26.2 Å². The van der Waals surface area contributed by atoms with Crippen LogP contribution in [0.25, 0.3) is 0 Å². The number of likely N-dealkylation sites (N-methyl/N-ethyl adjacent to an activating group) is 1. The zero-order valence-corrected chi connectivity index (χ0v) is 22.6. The second-order valence-corrected chi connectivity index (χ2v) is 10.7. The van der Waals surface area contributed by atoms with Crippen LogP contribution in [0.5, 0.6) is 5.75 Å². The van der Waals surface area contributed by atoms with Crippen LogP contribution in [0, 0.1) is 0 Å². The summed E-state index contributed by atoms with van der Waals surface area (Å²) in [4.78, 5) is 27.6. The van der Waals surface area contributed by atoms with Crippen LogP contribution in [0.4, 0.5) is 5.69 Å². The van der Waals surface area contributed by atoms with Gasteiger partial charge >= 0.3 is 0 Å². The van der Waals surface area contributed by atoms with Crippen molar-refractivity contribution in [1.29, 1.82) is 0 Å². The lowest BCUT2D eigenvalue weighted by Gasteiger charge is -2.31. The van der Waals surface area contributed by atoms with E-state index in [1.165, 1.54) is 31.2 Å². The zero-order chi connectivity index (χ0) is 26.3. The molecule has 0 aliphatic carbocycles. The summed E-state index contributed by atoms with van der Waals surface area (Å²) in [5.41, 5.74) is 1.09. The van der Waals surface area contributed by atoms with E-state index in [0.717, 1.165) is 14.3 Å². The number of carbonyl (C=O) groups is 2. The minimum Gasteiger partial charge on any atom is -0.497 e. The lowest BCUT2D eigenvalue weighted by atomic mass is 10.1. The van der Waals surface area contributed by atoms with Crippen LogP contribution in [0.2, 0.25) is 0 Å². The Morgan fingerprint density at radius 2 is 1.58 bits per heavy atom. The van der Waals surface area contributed by atoms with E-state index in [1.54, 1.807) is 49.4 Å². The summed E-state index contributed by atoms with van der Waals surface area (Å²) in [7, 11) is -1.09. The highest BCUT2D eigenvalue weighted by molar-refractivity contribution is 9.10. The molecule has 36 heavy (non-hydrogen) atoms. The normalized spacial score (nSPS) is 11.9. The van der Waals surface area contributed by atoms with Crippen molar-refractivity contribution in [1.82, 2.24) is 10.2 Å². The van der Waals surface area contributed by atoms with E-state index >= 15 is 0 Å². The van der Waals surface area contributed by atoms with E-state index < -0.39 is 28.5 Å². The number of carbonyl (C=O) groups excluding carboxylic acids is 2.